The normalized spacial score (nSPS) is 13.8. The number of morpholine rings is 1. The minimum absolute atomic E-state index is 0.164. The van der Waals surface area contributed by atoms with E-state index in [1.54, 1.807) is 6.07 Å². The maximum absolute atomic E-state index is 12.6. The Bertz CT molecular complexity index is 1340. The van der Waals surface area contributed by atoms with Gasteiger partial charge in [0, 0.05) is 36.1 Å². The number of nitrogens with zero attached hydrogens (tertiary/aromatic N) is 3. The Balaban J connectivity index is 1.32. The number of aromatic nitrogens is 2. The van der Waals surface area contributed by atoms with Gasteiger partial charge in [-0.1, -0.05) is 42.5 Å². The van der Waals surface area contributed by atoms with Crippen LogP contribution in [-0.2, 0) is 16.1 Å². The van der Waals surface area contributed by atoms with Crippen LogP contribution in [-0.4, -0.2) is 42.0 Å². The topological polar surface area (TPSA) is 76.5 Å². The molecule has 1 aromatic heterocycles. The molecule has 5 rings (SSSR count). The third-order valence-corrected chi connectivity index (χ3v) is 5.75. The van der Waals surface area contributed by atoms with Crippen LogP contribution in [0.5, 0.6) is 0 Å². The lowest BCUT2D eigenvalue weighted by Gasteiger charge is -2.28. The number of amides is 1. The molecule has 0 aliphatic carbocycles. The summed E-state index contributed by atoms with van der Waals surface area (Å²) >= 11 is 0. The number of rotatable bonds is 5. The highest BCUT2D eigenvalue weighted by Crippen LogP contribution is 2.26. The zero-order valence-electron chi connectivity index (χ0n) is 18.1. The van der Waals surface area contributed by atoms with Gasteiger partial charge in [0.25, 0.3) is 5.56 Å². The SMILES string of the molecule is O=C(Cn1nc(-c2cccc3ccccc23)ccc1=O)Nc1ccc(N2CCOCC2)cc1. The molecule has 1 amide bonds. The molecule has 166 valence electrons. The number of benzene rings is 3. The summed E-state index contributed by atoms with van der Waals surface area (Å²) in [5, 5.41) is 9.46. The maximum Gasteiger partial charge on any atom is 0.267 e. The minimum atomic E-state index is -0.322. The van der Waals surface area contributed by atoms with E-state index in [2.05, 4.69) is 15.3 Å². The van der Waals surface area contributed by atoms with Crippen molar-refractivity contribution in [3.63, 3.8) is 0 Å². The van der Waals surface area contributed by atoms with Gasteiger partial charge >= 0.3 is 0 Å². The average Bonchev–Trinajstić information content (AvgIpc) is 2.86. The van der Waals surface area contributed by atoms with Gasteiger partial charge in [-0.25, -0.2) is 4.68 Å². The third-order valence-electron chi connectivity index (χ3n) is 5.75. The number of anilines is 2. The molecule has 1 saturated heterocycles. The van der Waals surface area contributed by atoms with Crippen LogP contribution in [0.4, 0.5) is 11.4 Å². The molecule has 0 unspecified atom stereocenters. The molecule has 1 aliphatic heterocycles. The van der Waals surface area contributed by atoms with E-state index in [1.165, 1.54) is 10.7 Å². The Kier molecular flexibility index (Phi) is 5.87. The largest absolute Gasteiger partial charge is 0.378 e. The molecule has 0 radical (unpaired) electrons. The zero-order chi connectivity index (χ0) is 22.6. The van der Waals surface area contributed by atoms with Crippen molar-refractivity contribution in [3.8, 4) is 11.3 Å². The summed E-state index contributed by atoms with van der Waals surface area (Å²) in [6.07, 6.45) is 0. The second kappa shape index (κ2) is 9.26. The standard InChI is InChI=1S/C26H24N4O3/c31-25(27-20-8-10-21(11-9-20)29-14-16-33-17-15-29)18-30-26(32)13-12-24(28-30)23-7-3-5-19-4-1-2-6-22(19)23/h1-13H,14-18H2,(H,27,31). The molecular formula is C26H24N4O3. The summed E-state index contributed by atoms with van der Waals surface area (Å²) in [6, 6.07) is 24.8. The molecular weight excluding hydrogens is 416 g/mol. The van der Waals surface area contributed by atoms with Crippen LogP contribution < -0.4 is 15.8 Å². The first-order valence-electron chi connectivity index (χ1n) is 11.0. The predicted octanol–water partition coefficient (Wildman–Crippen LogP) is 3.54. The van der Waals surface area contributed by atoms with Gasteiger partial charge in [0.1, 0.15) is 6.54 Å². The fraction of sp³-hybridized carbons (Fsp3) is 0.192. The van der Waals surface area contributed by atoms with Crippen molar-refractivity contribution in [2.45, 2.75) is 6.54 Å². The van der Waals surface area contributed by atoms with Crippen LogP contribution in [0.2, 0.25) is 0 Å². The number of hydrogen-bond donors (Lipinski definition) is 1. The first-order chi connectivity index (χ1) is 16.2. The Hall–Kier alpha value is -3.97. The lowest BCUT2D eigenvalue weighted by Crippen LogP contribution is -2.36. The quantitative estimate of drug-likeness (QED) is 0.514. The van der Waals surface area contributed by atoms with Crippen molar-refractivity contribution >= 4 is 28.1 Å². The highest BCUT2D eigenvalue weighted by molar-refractivity contribution is 5.95. The minimum Gasteiger partial charge on any atom is -0.378 e. The van der Waals surface area contributed by atoms with E-state index in [1.807, 2.05) is 66.7 Å². The van der Waals surface area contributed by atoms with Gasteiger partial charge in [-0.05, 0) is 41.1 Å². The number of fused-ring (bicyclic) bond motifs is 1. The van der Waals surface area contributed by atoms with Gasteiger partial charge < -0.3 is 15.0 Å². The van der Waals surface area contributed by atoms with E-state index in [-0.39, 0.29) is 18.0 Å². The van der Waals surface area contributed by atoms with E-state index < -0.39 is 0 Å². The van der Waals surface area contributed by atoms with E-state index in [0.29, 0.717) is 11.4 Å². The van der Waals surface area contributed by atoms with Crippen LogP contribution in [0.3, 0.4) is 0 Å². The van der Waals surface area contributed by atoms with Gasteiger partial charge in [0.2, 0.25) is 5.91 Å². The molecule has 33 heavy (non-hydrogen) atoms. The van der Waals surface area contributed by atoms with Gasteiger partial charge in [-0.3, -0.25) is 9.59 Å². The van der Waals surface area contributed by atoms with Gasteiger partial charge in [-0.15, -0.1) is 0 Å². The molecule has 0 saturated carbocycles. The Labute approximate surface area is 191 Å². The van der Waals surface area contributed by atoms with Crippen molar-refractivity contribution in [1.29, 1.82) is 0 Å². The summed E-state index contributed by atoms with van der Waals surface area (Å²) in [5.74, 6) is -0.307. The third kappa shape index (κ3) is 4.63. The fourth-order valence-corrected chi connectivity index (χ4v) is 4.07. The summed E-state index contributed by atoms with van der Waals surface area (Å²) in [5.41, 5.74) is 3.01. The van der Waals surface area contributed by atoms with Crippen molar-refractivity contribution in [2.24, 2.45) is 0 Å². The number of carbonyl (C=O) groups is 1. The summed E-state index contributed by atoms with van der Waals surface area (Å²) < 4.78 is 6.59. The van der Waals surface area contributed by atoms with Crippen LogP contribution >= 0.6 is 0 Å². The molecule has 1 aliphatic rings. The Morgan fingerprint density at radius 1 is 0.909 bits per heavy atom. The smallest absolute Gasteiger partial charge is 0.267 e. The molecule has 1 fully saturated rings. The van der Waals surface area contributed by atoms with E-state index in [9.17, 15) is 9.59 Å². The molecule has 2 heterocycles. The first kappa shape index (κ1) is 20.9. The van der Waals surface area contributed by atoms with Gasteiger partial charge in [0.05, 0.1) is 18.9 Å². The first-order valence-corrected chi connectivity index (χ1v) is 11.0. The van der Waals surface area contributed by atoms with Crippen molar-refractivity contribution in [2.75, 3.05) is 36.5 Å². The van der Waals surface area contributed by atoms with Crippen molar-refractivity contribution in [1.82, 2.24) is 9.78 Å². The maximum atomic E-state index is 12.6. The molecule has 4 aromatic rings. The highest BCUT2D eigenvalue weighted by Gasteiger charge is 2.13. The van der Waals surface area contributed by atoms with Crippen molar-refractivity contribution < 1.29 is 9.53 Å². The molecule has 7 nitrogen and oxygen atoms in total. The number of carbonyl (C=O) groups excluding carboxylic acids is 1. The molecule has 0 bridgehead atoms. The lowest BCUT2D eigenvalue weighted by atomic mass is 10.0. The lowest BCUT2D eigenvalue weighted by molar-refractivity contribution is -0.117. The second-order valence-electron chi connectivity index (χ2n) is 7.94. The number of ether oxygens (including phenoxy) is 1. The van der Waals surface area contributed by atoms with Crippen LogP contribution in [0, 0.1) is 0 Å². The molecule has 7 heteroatoms. The van der Waals surface area contributed by atoms with Gasteiger partial charge in [0.15, 0.2) is 0 Å². The molecule has 0 spiro atoms. The predicted molar refractivity (Wildman–Crippen MR) is 130 cm³/mol. The molecule has 1 N–H and O–H groups in total. The van der Waals surface area contributed by atoms with Crippen molar-refractivity contribution in [3.05, 3.63) is 89.2 Å². The van der Waals surface area contributed by atoms with Crippen LogP contribution in [0.1, 0.15) is 0 Å². The van der Waals surface area contributed by atoms with Crippen LogP contribution in [0.15, 0.2) is 83.7 Å². The zero-order valence-corrected chi connectivity index (χ0v) is 18.1. The Morgan fingerprint density at radius 3 is 2.48 bits per heavy atom. The monoisotopic (exact) mass is 440 g/mol. The van der Waals surface area contributed by atoms with Crippen LogP contribution in [0.25, 0.3) is 22.0 Å². The molecule has 3 aromatic carbocycles. The molecule has 0 atom stereocenters. The van der Waals surface area contributed by atoms with E-state index in [0.717, 1.165) is 48.3 Å². The second-order valence-corrected chi connectivity index (χ2v) is 7.94. The summed E-state index contributed by atoms with van der Waals surface area (Å²) in [7, 11) is 0. The summed E-state index contributed by atoms with van der Waals surface area (Å²) in [6.45, 7) is 2.99. The van der Waals surface area contributed by atoms with Gasteiger partial charge in [-0.2, -0.15) is 5.10 Å². The number of nitrogens with one attached hydrogen (secondary N) is 1. The summed E-state index contributed by atoms with van der Waals surface area (Å²) in [4.78, 5) is 27.3. The highest BCUT2D eigenvalue weighted by atomic mass is 16.5. The number of hydrogen-bond acceptors (Lipinski definition) is 5. The van der Waals surface area contributed by atoms with E-state index in [4.69, 9.17) is 4.74 Å². The Morgan fingerprint density at radius 2 is 1.67 bits per heavy atom. The fourth-order valence-electron chi connectivity index (χ4n) is 4.07. The average molecular weight is 441 g/mol. The van der Waals surface area contributed by atoms with E-state index >= 15 is 0 Å².